The summed E-state index contributed by atoms with van der Waals surface area (Å²) in [4.78, 5) is 25.8. The van der Waals surface area contributed by atoms with Crippen molar-refractivity contribution in [2.45, 2.75) is 32.6 Å². The maximum Gasteiger partial charge on any atom is 0.325 e. The van der Waals surface area contributed by atoms with Crippen LogP contribution < -0.4 is 0 Å². The van der Waals surface area contributed by atoms with Gasteiger partial charge in [0, 0.05) is 12.5 Å². The van der Waals surface area contributed by atoms with Crippen LogP contribution in [0, 0.1) is 5.92 Å². The van der Waals surface area contributed by atoms with Crippen molar-refractivity contribution >= 4 is 11.9 Å². The van der Waals surface area contributed by atoms with Gasteiger partial charge in [-0.2, -0.15) is 0 Å². The first-order valence-electron chi connectivity index (χ1n) is 7.66. The van der Waals surface area contributed by atoms with Crippen molar-refractivity contribution in [2.24, 2.45) is 5.92 Å². The van der Waals surface area contributed by atoms with E-state index in [1.165, 1.54) is 5.56 Å². The maximum absolute atomic E-state index is 12.5. The molecule has 0 saturated heterocycles. The first kappa shape index (κ1) is 15.5. The standard InChI is InChI=1S/C17H23NO3/c1-3-10-18(12-16(19)21-4-2)17(20)15-11-14(15)13-8-6-5-7-9-13/h5-9,14-15H,3-4,10-12H2,1-2H3. The van der Waals surface area contributed by atoms with Gasteiger partial charge in [0.2, 0.25) is 5.91 Å². The van der Waals surface area contributed by atoms with E-state index < -0.39 is 0 Å². The average molecular weight is 289 g/mol. The Morgan fingerprint density at radius 2 is 1.95 bits per heavy atom. The molecule has 4 nitrogen and oxygen atoms in total. The molecule has 0 N–H and O–H groups in total. The van der Waals surface area contributed by atoms with Gasteiger partial charge < -0.3 is 9.64 Å². The molecule has 114 valence electrons. The van der Waals surface area contributed by atoms with Crippen LogP contribution in [0.4, 0.5) is 0 Å². The fourth-order valence-corrected chi connectivity index (χ4v) is 2.67. The van der Waals surface area contributed by atoms with E-state index in [1.807, 2.05) is 25.1 Å². The van der Waals surface area contributed by atoms with Crippen LogP contribution in [0.2, 0.25) is 0 Å². The van der Waals surface area contributed by atoms with Gasteiger partial charge in [-0.05, 0) is 31.2 Å². The van der Waals surface area contributed by atoms with E-state index >= 15 is 0 Å². The summed E-state index contributed by atoms with van der Waals surface area (Å²) in [5.41, 5.74) is 1.21. The number of rotatable bonds is 7. The van der Waals surface area contributed by atoms with Crippen molar-refractivity contribution in [3.63, 3.8) is 0 Å². The highest BCUT2D eigenvalue weighted by molar-refractivity contribution is 5.86. The van der Waals surface area contributed by atoms with Gasteiger partial charge in [-0.3, -0.25) is 9.59 Å². The van der Waals surface area contributed by atoms with E-state index in [4.69, 9.17) is 4.74 Å². The van der Waals surface area contributed by atoms with Crippen molar-refractivity contribution in [3.05, 3.63) is 35.9 Å². The second kappa shape index (κ2) is 7.25. The molecule has 1 fully saturated rings. The van der Waals surface area contributed by atoms with E-state index in [2.05, 4.69) is 12.1 Å². The summed E-state index contributed by atoms with van der Waals surface area (Å²) in [5.74, 6) is 0.0867. The molecule has 0 radical (unpaired) electrons. The Labute approximate surface area is 126 Å². The van der Waals surface area contributed by atoms with Gasteiger partial charge in [-0.25, -0.2) is 0 Å². The minimum absolute atomic E-state index is 0.0216. The summed E-state index contributed by atoms with van der Waals surface area (Å²) < 4.78 is 4.95. The molecular weight excluding hydrogens is 266 g/mol. The summed E-state index contributed by atoms with van der Waals surface area (Å²) in [6.07, 6.45) is 1.72. The van der Waals surface area contributed by atoms with Crippen LogP contribution in [0.3, 0.4) is 0 Å². The lowest BCUT2D eigenvalue weighted by Gasteiger charge is -2.21. The van der Waals surface area contributed by atoms with Gasteiger partial charge >= 0.3 is 5.97 Å². The van der Waals surface area contributed by atoms with Crippen molar-refractivity contribution in [3.8, 4) is 0 Å². The minimum Gasteiger partial charge on any atom is -0.465 e. The first-order chi connectivity index (χ1) is 10.2. The fourth-order valence-electron chi connectivity index (χ4n) is 2.67. The van der Waals surface area contributed by atoms with Crippen LogP contribution in [0.5, 0.6) is 0 Å². The Kier molecular flexibility index (Phi) is 5.37. The number of hydrogen-bond donors (Lipinski definition) is 0. The first-order valence-corrected chi connectivity index (χ1v) is 7.66. The topological polar surface area (TPSA) is 46.6 Å². The average Bonchev–Trinajstić information content (AvgIpc) is 3.28. The summed E-state index contributed by atoms with van der Waals surface area (Å²) in [6.45, 7) is 4.81. The zero-order valence-electron chi connectivity index (χ0n) is 12.7. The lowest BCUT2D eigenvalue weighted by atomic mass is 10.1. The zero-order chi connectivity index (χ0) is 15.2. The van der Waals surface area contributed by atoms with Crippen molar-refractivity contribution in [2.75, 3.05) is 19.7 Å². The van der Waals surface area contributed by atoms with Crippen LogP contribution in [-0.2, 0) is 14.3 Å². The largest absolute Gasteiger partial charge is 0.465 e. The monoisotopic (exact) mass is 289 g/mol. The van der Waals surface area contributed by atoms with E-state index in [-0.39, 0.29) is 24.3 Å². The van der Waals surface area contributed by atoms with Crippen LogP contribution in [0.25, 0.3) is 0 Å². The third-order valence-corrected chi connectivity index (χ3v) is 3.77. The molecule has 1 aliphatic rings. The van der Waals surface area contributed by atoms with E-state index in [0.29, 0.717) is 19.1 Å². The molecule has 1 aliphatic carbocycles. The molecule has 2 atom stereocenters. The number of ether oxygens (including phenoxy) is 1. The van der Waals surface area contributed by atoms with Gasteiger partial charge in [0.05, 0.1) is 6.61 Å². The fraction of sp³-hybridized carbons (Fsp3) is 0.529. The lowest BCUT2D eigenvalue weighted by Crippen LogP contribution is -2.38. The van der Waals surface area contributed by atoms with Crippen LogP contribution in [-0.4, -0.2) is 36.5 Å². The second-order valence-electron chi connectivity index (χ2n) is 5.42. The summed E-state index contributed by atoms with van der Waals surface area (Å²) in [5, 5.41) is 0. The number of benzene rings is 1. The molecule has 4 heteroatoms. The number of nitrogens with zero attached hydrogens (tertiary/aromatic N) is 1. The Hall–Kier alpha value is -1.84. The molecule has 1 amide bonds. The zero-order valence-corrected chi connectivity index (χ0v) is 12.7. The molecule has 1 saturated carbocycles. The number of carbonyl (C=O) groups excluding carboxylic acids is 2. The summed E-state index contributed by atoms with van der Waals surface area (Å²) in [7, 11) is 0. The van der Waals surface area contributed by atoms with Crippen molar-refractivity contribution in [1.82, 2.24) is 4.90 Å². The summed E-state index contributed by atoms with van der Waals surface area (Å²) >= 11 is 0. The van der Waals surface area contributed by atoms with Crippen molar-refractivity contribution < 1.29 is 14.3 Å². The minimum atomic E-state index is -0.323. The third-order valence-electron chi connectivity index (χ3n) is 3.77. The molecule has 1 aromatic carbocycles. The molecular formula is C17H23NO3. The molecule has 2 unspecified atom stereocenters. The normalized spacial score (nSPS) is 19.9. The smallest absolute Gasteiger partial charge is 0.325 e. The van der Waals surface area contributed by atoms with Gasteiger partial charge in [-0.15, -0.1) is 0 Å². The van der Waals surface area contributed by atoms with Crippen LogP contribution in [0.15, 0.2) is 30.3 Å². The van der Waals surface area contributed by atoms with Gasteiger partial charge in [0.1, 0.15) is 6.54 Å². The molecule has 1 aromatic rings. The van der Waals surface area contributed by atoms with Crippen molar-refractivity contribution in [1.29, 1.82) is 0 Å². The Morgan fingerprint density at radius 1 is 1.24 bits per heavy atom. The molecule has 21 heavy (non-hydrogen) atoms. The molecule has 0 bridgehead atoms. The number of esters is 1. The van der Waals surface area contributed by atoms with Gasteiger partial charge in [-0.1, -0.05) is 37.3 Å². The van der Waals surface area contributed by atoms with Gasteiger partial charge in [0.15, 0.2) is 0 Å². The van der Waals surface area contributed by atoms with E-state index in [9.17, 15) is 9.59 Å². The second-order valence-corrected chi connectivity index (χ2v) is 5.42. The quantitative estimate of drug-likeness (QED) is 0.725. The third kappa shape index (κ3) is 4.06. The van der Waals surface area contributed by atoms with Gasteiger partial charge in [0.25, 0.3) is 0 Å². The summed E-state index contributed by atoms with van der Waals surface area (Å²) in [6, 6.07) is 10.1. The predicted octanol–water partition coefficient (Wildman–Crippen LogP) is 2.59. The molecule has 0 spiro atoms. The lowest BCUT2D eigenvalue weighted by molar-refractivity contribution is -0.149. The van der Waals surface area contributed by atoms with Crippen LogP contribution >= 0.6 is 0 Å². The molecule has 0 aliphatic heterocycles. The molecule has 0 aromatic heterocycles. The number of carbonyl (C=O) groups is 2. The number of amides is 1. The SMILES string of the molecule is CCCN(CC(=O)OCC)C(=O)C1CC1c1ccccc1. The highest BCUT2D eigenvalue weighted by Crippen LogP contribution is 2.48. The Morgan fingerprint density at radius 3 is 2.57 bits per heavy atom. The maximum atomic E-state index is 12.5. The van der Waals surface area contributed by atoms with Crippen LogP contribution in [0.1, 0.15) is 38.2 Å². The Balaban J connectivity index is 1.95. The van der Waals surface area contributed by atoms with E-state index in [0.717, 1.165) is 12.8 Å². The highest BCUT2D eigenvalue weighted by Gasteiger charge is 2.45. The van der Waals surface area contributed by atoms with E-state index in [1.54, 1.807) is 11.8 Å². The number of hydrogen-bond acceptors (Lipinski definition) is 3. The Bertz CT molecular complexity index is 486. The predicted molar refractivity (Wildman–Crippen MR) is 80.8 cm³/mol. The molecule has 0 heterocycles. The highest BCUT2D eigenvalue weighted by atomic mass is 16.5. The molecule has 2 rings (SSSR count).